The second-order valence-electron chi connectivity index (χ2n) is 6.51. The van der Waals surface area contributed by atoms with Gasteiger partial charge in [-0.3, -0.25) is 9.59 Å². The lowest BCUT2D eigenvalue weighted by Gasteiger charge is -2.28. The number of hydrogen-bond acceptors (Lipinski definition) is 8. The fourth-order valence-corrected chi connectivity index (χ4v) is 4.48. The van der Waals surface area contributed by atoms with Crippen LogP contribution in [0.1, 0.15) is 50.0 Å². The molecule has 0 bridgehead atoms. The van der Waals surface area contributed by atoms with Crippen LogP contribution in [-0.2, 0) is 0 Å². The van der Waals surface area contributed by atoms with Gasteiger partial charge in [0, 0.05) is 19.1 Å². The molecule has 2 aromatic rings. The summed E-state index contributed by atoms with van der Waals surface area (Å²) in [6.45, 7) is 4.82. The SMILES string of the molecule is Cc1nnsc1C(=O)N1CC[C@H](N(C(=O)c2snnc2C)C2CC2)C1. The number of likely N-dealkylation sites (tertiary alicyclic amines) is 1. The summed E-state index contributed by atoms with van der Waals surface area (Å²) in [5.74, 6) is -0.0289. The molecule has 25 heavy (non-hydrogen) atoms. The highest BCUT2D eigenvalue weighted by molar-refractivity contribution is 7.08. The van der Waals surface area contributed by atoms with Gasteiger partial charge < -0.3 is 9.80 Å². The summed E-state index contributed by atoms with van der Waals surface area (Å²) < 4.78 is 7.73. The van der Waals surface area contributed by atoms with Crippen molar-refractivity contribution in [2.75, 3.05) is 13.1 Å². The van der Waals surface area contributed by atoms with Gasteiger partial charge in [0.05, 0.1) is 17.4 Å². The molecule has 2 fully saturated rings. The Hall–Kier alpha value is -1.94. The van der Waals surface area contributed by atoms with Crippen LogP contribution in [0.4, 0.5) is 0 Å². The average molecular weight is 378 g/mol. The van der Waals surface area contributed by atoms with Crippen LogP contribution in [0.5, 0.6) is 0 Å². The lowest BCUT2D eigenvalue weighted by molar-refractivity contribution is 0.0645. The molecule has 132 valence electrons. The van der Waals surface area contributed by atoms with Crippen LogP contribution in [0.3, 0.4) is 0 Å². The Bertz CT molecular complexity index is 815. The summed E-state index contributed by atoms with van der Waals surface area (Å²) in [6, 6.07) is 0.326. The third-order valence-corrected chi connectivity index (χ3v) is 6.34. The summed E-state index contributed by atoms with van der Waals surface area (Å²) in [5.41, 5.74) is 1.35. The molecule has 8 nitrogen and oxygen atoms in total. The number of aryl methyl sites for hydroxylation is 2. The monoisotopic (exact) mass is 378 g/mol. The second kappa shape index (κ2) is 6.41. The molecule has 2 aliphatic rings. The highest BCUT2D eigenvalue weighted by Gasteiger charge is 2.42. The fourth-order valence-electron chi connectivity index (χ4n) is 3.25. The van der Waals surface area contributed by atoms with Gasteiger partial charge in [0.2, 0.25) is 0 Å². The Morgan fingerprint density at radius 3 is 2.20 bits per heavy atom. The number of rotatable bonds is 4. The Kier molecular flexibility index (Phi) is 4.24. The van der Waals surface area contributed by atoms with Crippen molar-refractivity contribution in [3.63, 3.8) is 0 Å². The predicted octanol–water partition coefficient (Wildman–Crippen LogP) is 1.53. The van der Waals surface area contributed by atoms with Crippen LogP contribution in [0, 0.1) is 13.8 Å². The Balaban J connectivity index is 1.51. The maximum Gasteiger partial charge on any atom is 0.268 e. The van der Waals surface area contributed by atoms with Gasteiger partial charge >= 0.3 is 0 Å². The molecule has 0 unspecified atom stereocenters. The number of carbonyl (C=O) groups excluding carboxylic acids is 2. The molecule has 1 saturated heterocycles. The Labute approximate surface area is 153 Å². The Morgan fingerprint density at radius 2 is 1.64 bits per heavy atom. The van der Waals surface area contributed by atoms with E-state index in [2.05, 4.69) is 19.2 Å². The van der Waals surface area contributed by atoms with E-state index in [1.165, 1.54) is 0 Å². The van der Waals surface area contributed by atoms with Gasteiger partial charge in [-0.15, -0.1) is 10.2 Å². The first kappa shape index (κ1) is 16.5. The molecule has 1 aliphatic heterocycles. The van der Waals surface area contributed by atoms with E-state index in [9.17, 15) is 9.59 Å². The van der Waals surface area contributed by atoms with E-state index in [0.29, 0.717) is 34.2 Å². The van der Waals surface area contributed by atoms with Crippen molar-refractivity contribution in [2.45, 2.75) is 45.2 Å². The molecule has 1 saturated carbocycles. The molecular weight excluding hydrogens is 360 g/mol. The molecule has 1 aliphatic carbocycles. The third kappa shape index (κ3) is 3.04. The minimum atomic E-state index is -0.0335. The van der Waals surface area contributed by atoms with Crippen LogP contribution >= 0.6 is 23.1 Å². The van der Waals surface area contributed by atoms with Crippen molar-refractivity contribution < 1.29 is 9.59 Å². The molecule has 0 aromatic carbocycles. The first-order valence-electron chi connectivity index (χ1n) is 8.26. The van der Waals surface area contributed by atoms with E-state index in [4.69, 9.17) is 0 Å². The first-order valence-corrected chi connectivity index (χ1v) is 9.80. The van der Waals surface area contributed by atoms with Crippen molar-refractivity contribution in [2.24, 2.45) is 0 Å². The molecule has 4 rings (SSSR count). The predicted molar refractivity (Wildman–Crippen MR) is 92.8 cm³/mol. The average Bonchev–Trinajstić information content (AvgIpc) is 2.99. The highest BCUT2D eigenvalue weighted by atomic mass is 32.1. The normalized spacial score (nSPS) is 20.1. The van der Waals surface area contributed by atoms with Crippen LogP contribution in [0.2, 0.25) is 0 Å². The topological polar surface area (TPSA) is 92.2 Å². The minimum absolute atomic E-state index is 0.00457. The number of carbonyl (C=O) groups is 2. The van der Waals surface area contributed by atoms with Gasteiger partial charge in [0.25, 0.3) is 11.8 Å². The number of nitrogens with zero attached hydrogens (tertiary/aromatic N) is 6. The van der Waals surface area contributed by atoms with Gasteiger partial charge in [-0.05, 0) is 56.2 Å². The minimum Gasteiger partial charge on any atom is -0.336 e. The van der Waals surface area contributed by atoms with Gasteiger partial charge in [-0.1, -0.05) is 8.98 Å². The van der Waals surface area contributed by atoms with Crippen LogP contribution in [0.15, 0.2) is 0 Å². The largest absolute Gasteiger partial charge is 0.336 e. The van der Waals surface area contributed by atoms with Gasteiger partial charge in [0.1, 0.15) is 9.75 Å². The van der Waals surface area contributed by atoms with Crippen molar-refractivity contribution in [3.8, 4) is 0 Å². The summed E-state index contributed by atoms with van der Waals surface area (Å²) in [6.07, 6.45) is 2.85. The summed E-state index contributed by atoms with van der Waals surface area (Å²) >= 11 is 2.28. The van der Waals surface area contributed by atoms with E-state index in [0.717, 1.165) is 42.3 Å². The van der Waals surface area contributed by atoms with E-state index in [-0.39, 0.29) is 23.9 Å². The maximum absolute atomic E-state index is 13.0. The van der Waals surface area contributed by atoms with Crippen molar-refractivity contribution in [1.82, 2.24) is 29.0 Å². The number of aromatic nitrogens is 4. The quantitative estimate of drug-likeness (QED) is 0.801. The summed E-state index contributed by atoms with van der Waals surface area (Å²) in [4.78, 5) is 30.6. The molecule has 0 spiro atoms. The third-order valence-electron chi connectivity index (χ3n) is 4.71. The van der Waals surface area contributed by atoms with E-state index < -0.39 is 0 Å². The number of amides is 2. The molecular formula is C15H18N6O2S2. The van der Waals surface area contributed by atoms with Crippen molar-refractivity contribution >= 4 is 34.9 Å². The van der Waals surface area contributed by atoms with E-state index in [1.54, 1.807) is 6.92 Å². The smallest absolute Gasteiger partial charge is 0.268 e. The summed E-state index contributed by atoms with van der Waals surface area (Å²) in [5, 5.41) is 7.87. The molecule has 1 atom stereocenters. The molecule has 2 aromatic heterocycles. The van der Waals surface area contributed by atoms with Crippen LogP contribution in [0.25, 0.3) is 0 Å². The van der Waals surface area contributed by atoms with Crippen LogP contribution < -0.4 is 0 Å². The van der Waals surface area contributed by atoms with Gasteiger partial charge in [-0.25, -0.2) is 0 Å². The molecule has 0 N–H and O–H groups in total. The Morgan fingerprint density at radius 1 is 1.00 bits per heavy atom. The van der Waals surface area contributed by atoms with E-state index in [1.807, 2.05) is 16.7 Å². The first-order chi connectivity index (χ1) is 12.1. The lowest BCUT2D eigenvalue weighted by atomic mass is 10.2. The molecule has 0 radical (unpaired) electrons. The zero-order valence-corrected chi connectivity index (χ0v) is 15.6. The second-order valence-corrected chi connectivity index (χ2v) is 8.02. The van der Waals surface area contributed by atoms with Gasteiger partial charge in [0.15, 0.2) is 0 Å². The van der Waals surface area contributed by atoms with Crippen molar-refractivity contribution in [1.29, 1.82) is 0 Å². The number of hydrogen-bond donors (Lipinski definition) is 0. The zero-order valence-electron chi connectivity index (χ0n) is 14.0. The maximum atomic E-state index is 13.0. The standard InChI is InChI=1S/C15H18N6O2S2/c1-8-12(24-18-16-8)14(22)20-6-5-11(7-20)21(10-3-4-10)15(23)13-9(2)17-19-25-13/h10-11H,3-7H2,1-2H3/t11-/m0/s1. The lowest BCUT2D eigenvalue weighted by Crippen LogP contribution is -2.44. The summed E-state index contributed by atoms with van der Waals surface area (Å²) in [7, 11) is 0. The fraction of sp³-hybridized carbons (Fsp3) is 0.600. The van der Waals surface area contributed by atoms with Gasteiger partial charge in [-0.2, -0.15) is 0 Å². The molecule has 10 heteroatoms. The zero-order chi connectivity index (χ0) is 17.6. The molecule has 3 heterocycles. The van der Waals surface area contributed by atoms with Crippen molar-refractivity contribution in [3.05, 3.63) is 21.1 Å². The highest BCUT2D eigenvalue weighted by Crippen LogP contribution is 2.34. The van der Waals surface area contributed by atoms with Crippen LogP contribution in [-0.4, -0.2) is 66.0 Å². The van der Waals surface area contributed by atoms with E-state index >= 15 is 0 Å². The molecule has 2 amide bonds.